The van der Waals surface area contributed by atoms with Gasteiger partial charge in [-0.1, -0.05) is 42.0 Å². The highest BCUT2D eigenvalue weighted by molar-refractivity contribution is 5.24. The quantitative estimate of drug-likeness (QED) is 0.548. The summed E-state index contributed by atoms with van der Waals surface area (Å²) in [4.78, 5) is 0. The fourth-order valence-corrected chi connectivity index (χ4v) is 1.69. The van der Waals surface area contributed by atoms with E-state index in [9.17, 15) is 0 Å². The van der Waals surface area contributed by atoms with Crippen molar-refractivity contribution in [1.29, 1.82) is 0 Å². The van der Waals surface area contributed by atoms with Gasteiger partial charge in [-0.15, -0.1) is 0 Å². The maximum absolute atomic E-state index is 3.34. The summed E-state index contributed by atoms with van der Waals surface area (Å²) in [6.07, 6.45) is 19.9. The molecule has 1 atom stereocenters. The average molecular weight is 157 g/mol. The molecule has 0 fully saturated rings. The first-order valence-electron chi connectivity index (χ1n) is 4.57. The van der Waals surface area contributed by atoms with Crippen LogP contribution in [0.4, 0.5) is 0 Å². The molecule has 0 aromatic rings. The molecule has 0 aromatic carbocycles. The summed E-state index contributed by atoms with van der Waals surface area (Å²) in [5.74, 6) is 0.625. The molecule has 0 aliphatic heterocycles. The highest BCUT2D eigenvalue weighted by atomic mass is 14.2. The molecule has 12 heavy (non-hydrogen) atoms. The Labute approximate surface area is 74.0 Å². The molecule has 0 heterocycles. The van der Waals surface area contributed by atoms with Crippen molar-refractivity contribution in [2.24, 2.45) is 5.92 Å². The third kappa shape index (κ3) is 1.58. The van der Waals surface area contributed by atoms with Crippen molar-refractivity contribution in [2.45, 2.75) is 19.3 Å². The van der Waals surface area contributed by atoms with E-state index in [0.29, 0.717) is 5.92 Å². The lowest BCUT2D eigenvalue weighted by Crippen LogP contribution is -2.03. The van der Waals surface area contributed by atoms with E-state index in [0.717, 1.165) is 6.42 Å². The predicted octanol–water partition coefficient (Wildman–Crippen LogP) is 3.20. The zero-order valence-corrected chi connectivity index (χ0v) is 7.16. The fourth-order valence-electron chi connectivity index (χ4n) is 1.69. The molecular weight excluding hydrogens is 144 g/mol. The van der Waals surface area contributed by atoms with Crippen LogP contribution in [0.3, 0.4) is 0 Å². The van der Waals surface area contributed by atoms with Gasteiger partial charge >= 0.3 is 0 Å². The normalized spacial score (nSPS) is 27.3. The van der Waals surface area contributed by atoms with Crippen LogP contribution in [0, 0.1) is 12.0 Å². The predicted molar refractivity (Wildman–Crippen MR) is 51.5 cm³/mol. The summed E-state index contributed by atoms with van der Waals surface area (Å²) in [6.45, 7) is 0. The van der Waals surface area contributed by atoms with Gasteiger partial charge in [0, 0.05) is 5.92 Å². The monoisotopic (exact) mass is 157 g/mol. The first kappa shape index (κ1) is 7.60. The lowest BCUT2D eigenvalue weighted by molar-refractivity contribution is 0.707. The van der Waals surface area contributed by atoms with Crippen molar-refractivity contribution in [2.75, 3.05) is 0 Å². The minimum absolute atomic E-state index is 0.625. The van der Waals surface area contributed by atoms with Crippen LogP contribution in [-0.2, 0) is 0 Å². The highest BCUT2D eigenvalue weighted by Gasteiger charge is 2.11. The largest absolute Gasteiger partial charge is 0.0836 e. The summed E-state index contributed by atoms with van der Waals surface area (Å²) in [5.41, 5.74) is 1.47. The van der Waals surface area contributed by atoms with Crippen molar-refractivity contribution >= 4 is 0 Å². The molecule has 0 saturated carbocycles. The Hall–Kier alpha value is -1.04. The maximum atomic E-state index is 3.34. The van der Waals surface area contributed by atoms with E-state index >= 15 is 0 Å². The highest BCUT2D eigenvalue weighted by Crippen LogP contribution is 2.26. The third-order valence-corrected chi connectivity index (χ3v) is 2.40. The molecule has 0 heteroatoms. The van der Waals surface area contributed by atoms with Gasteiger partial charge in [0.15, 0.2) is 0 Å². The van der Waals surface area contributed by atoms with Gasteiger partial charge in [-0.05, 0) is 25.3 Å². The molecule has 0 nitrogen and oxygen atoms in total. The van der Waals surface area contributed by atoms with Crippen molar-refractivity contribution < 1.29 is 0 Å². The molecule has 0 N–H and O–H groups in total. The molecule has 0 spiro atoms. The van der Waals surface area contributed by atoms with Crippen LogP contribution in [-0.4, -0.2) is 0 Å². The number of hydrogen-bond acceptors (Lipinski definition) is 0. The summed E-state index contributed by atoms with van der Waals surface area (Å²) in [7, 11) is 0. The first-order valence-corrected chi connectivity index (χ1v) is 4.57. The van der Waals surface area contributed by atoms with Crippen molar-refractivity contribution in [3.63, 3.8) is 0 Å². The van der Waals surface area contributed by atoms with E-state index < -0.39 is 0 Å². The third-order valence-electron chi connectivity index (χ3n) is 2.40. The molecule has 2 aliphatic rings. The second kappa shape index (κ2) is 3.57. The van der Waals surface area contributed by atoms with Gasteiger partial charge in [-0.2, -0.15) is 0 Å². The smallest absolute Gasteiger partial charge is 0.00238 e. The SMILES string of the molecule is [C]1=C(C2C=CC=CC2)CCC=C1. The Morgan fingerprint density at radius 3 is 2.92 bits per heavy atom. The molecule has 0 bridgehead atoms. The molecule has 2 aliphatic carbocycles. The van der Waals surface area contributed by atoms with E-state index in [2.05, 4.69) is 42.5 Å². The maximum Gasteiger partial charge on any atom is 0.00238 e. The zero-order chi connectivity index (χ0) is 8.23. The summed E-state index contributed by atoms with van der Waals surface area (Å²) in [5, 5.41) is 0. The van der Waals surface area contributed by atoms with E-state index in [1.54, 1.807) is 0 Å². The van der Waals surface area contributed by atoms with Gasteiger partial charge < -0.3 is 0 Å². The zero-order valence-electron chi connectivity index (χ0n) is 7.16. The van der Waals surface area contributed by atoms with E-state index in [4.69, 9.17) is 0 Å². The van der Waals surface area contributed by atoms with Gasteiger partial charge in [-0.3, -0.25) is 0 Å². The molecule has 1 radical (unpaired) electrons. The number of hydrogen-bond donors (Lipinski definition) is 0. The van der Waals surface area contributed by atoms with Gasteiger partial charge in [0.2, 0.25) is 0 Å². The lowest BCUT2D eigenvalue weighted by atomic mass is 9.87. The van der Waals surface area contributed by atoms with E-state index in [1.807, 2.05) is 0 Å². The summed E-state index contributed by atoms with van der Waals surface area (Å²) >= 11 is 0. The molecule has 0 aromatic heterocycles. The van der Waals surface area contributed by atoms with Crippen LogP contribution in [0.15, 0.2) is 42.0 Å². The molecule has 2 rings (SSSR count). The first-order chi connectivity index (χ1) is 5.97. The van der Waals surface area contributed by atoms with E-state index in [1.165, 1.54) is 18.4 Å². The van der Waals surface area contributed by atoms with Crippen molar-refractivity contribution in [3.8, 4) is 0 Å². The minimum atomic E-state index is 0.625. The van der Waals surface area contributed by atoms with Crippen LogP contribution in [0.25, 0.3) is 0 Å². The Bertz CT molecular complexity index is 264. The standard InChI is InChI=1S/C12H13/c1-3-7-11(8-4-1)12-9-5-2-6-10-12/h1-5,7,11H,6,8,10H2. The molecule has 61 valence electrons. The van der Waals surface area contributed by atoms with Gasteiger partial charge in [-0.25, -0.2) is 0 Å². The Morgan fingerprint density at radius 1 is 1.25 bits per heavy atom. The minimum Gasteiger partial charge on any atom is -0.0836 e. The van der Waals surface area contributed by atoms with Gasteiger partial charge in [0.05, 0.1) is 0 Å². The Kier molecular flexibility index (Phi) is 2.26. The average Bonchev–Trinajstić information content (AvgIpc) is 2.21. The number of rotatable bonds is 1. The molecular formula is C12H13. The van der Waals surface area contributed by atoms with Crippen molar-refractivity contribution in [1.82, 2.24) is 0 Å². The van der Waals surface area contributed by atoms with Crippen LogP contribution < -0.4 is 0 Å². The Morgan fingerprint density at radius 2 is 2.25 bits per heavy atom. The van der Waals surface area contributed by atoms with E-state index in [-0.39, 0.29) is 0 Å². The second-order valence-corrected chi connectivity index (χ2v) is 3.27. The lowest BCUT2D eigenvalue weighted by Gasteiger charge is -2.17. The van der Waals surface area contributed by atoms with Crippen LogP contribution >= 0.6 is 0 Å². The van der Waals surface area contributed by atoms with Crippen LogP contribution in [0.1, 0.15) is 19.3 Å². The molecule has 1 unspecified atom stereocenters. The van der Waals surface area contributed by atoms with Crippen LogP contribution in [0.2, 0.25) is 0 Å². The van der Waals surface area contributed by atoms with Gasteiger partial charge in [0.1, 0.15) is 0 Å². The summed E-state index contributed by atoms with van der Waals surface area (Å²) in [6, 6.07) is 0. The summed E-state index contributed by atoms with van der Waals surface area (Å²) < 4.78 is 0. The van der Waals surface area contributed by atoms with Gasteiger partial charge in [0.25, 0.3) is 0 Å². The van der Waals surface area contributed by atoms with Crippen molar-refractivity contribution in [3.05, 3.63) is 48.1 Å². The topological polar surface area (TPSA) is 0 Å². The Balaban J connectivity index is 2.09. The van der Waals surface area contributed by atoms with Crippen LogP contribution in [0.5, 0.6) is 0 Å². The molecule has 0 saturated heterocycles. The molecule has 0 amide bonds. The number of allylic oxidation sites excluding steroid dienone is 8. The fraction of sp³-hybridized carbons (Fsp3) is 0.333. The second-order valence-electron chi connectivity index (χ2n) is 3.27.